The summed E-state index contributed by atoms with van der Waals surface area (Å²) in [7, 11) is -1.11. The van der Waals surface area contributed by atoms with Gasteiger partial charge in [-0.05, 0) is 18.6 Å². The van der Waals surface area contributed by atoms with Gasteiger partial charge in [-0.3, -0.25) is 0 Å². The van der Waals surface area contributed by atoms with E-state index in [1.165, 1.54) is 0 Å². The monoisotopic (exact) mass is 265 g/mol. The smallest absolute Gasteiger partial charge is 0.152 e. The van der Waals surface area contributed by atoms with E-state index in [1.807, 2.05) is 18.0 Å². The summed E-state index contributed by atoms with van der Waals surface area (Å²) in [4.78, 5) is 1.86. The number of nitrogen functional groups attached to an aromatic ring is 1. The van der Waals surface area contributed by atoms with E-state index in [2.05, 4.69) is 0 Å². The average molecular weight is 265 g/mol. The SMILES string of the molecule is CN(c1cccc(C#N)c1N)C1CCS(=O)(=O)C1. The van der Waals surface area contributed by atoms with Gasteiger partial charge in [0.25, 0.3) is 0 Å². The summed E-state index contributed by atoms with van der Waals surface area (Å²) in [5.41, 5.74) is 7.46. The summed E-state index contributed by atoms with van der Waals surface area (Å²) < 4.78 is 22.9. The van der Waals surface area contributed by atoms with Crippen molar-refractivity contribution in [3.05, 3.63) is 23.8 Å². The Hall–Kier alpha value is -1.74. The van der Waals surface area contributed by atoms with Crippen LogP contribution in [-0.2, 0) is 9.84 Å². The third-order valence-corrected chi connectivity index (χ3v) is 5.09. The van der Waals surface area contributed by atoms with E-state index >= 15 is 0 Å². The first kappa shape index (κ1) is 12.7. The van der Waals surface area contributed by atoms with Gasteiger partial charge in [-0.1, -0.05) is 6.07 Å². The summed E-state index contributed by atoms with van der Waals surface area (Å²) >= 11 is 0. The lowest BCUT2D eigenvalue weighted by atomic mass is 10.1. The van der Waals surface area contributed by atoms with Gasteiger partial charge in [-0.15, -0.1) is 0 Å². The molecule has 1 heterocycles. The van der Waals surface area contributed by atoms with Gasteiger partial charge in [-0.2, -0.15) is 5.26 Å². The van der Waals surface area contributed by atoms with Crippen LogP contribution in [0, 0.1) is 11.3 Å². The van der Waals surface area contributed by atoms with Gasteiger partial charge in [-0.25, -0.2) is 8.42 Å². The minimum atomic E-state index is -2.92. The lowest BCUT2D eigenvalue weighted by Crippen LogP contribution is -2.33. The molecule has 0 amide bonds. The number of hydrogen-bond acceptors (Lipinski definition) is 5. The van der Waals surface area contributed by atoms with Crippen LogP contribution in [0.1, 0.15) is 12.0 Å². The van der Waals surface area contributed by atoms with E-state index in [4.69, 9.17) is 11.0 Å². The number of para-hydroxylation sites is 1. The molecule has 1 aromatic rings. The molecule has 1 unspecified atom stereocenters. The number of nitrogens with two attached hydrogens (primary N) is 1. The van der Waals surface area contributed by atoms with Crippen LogP contribution < -0.4 is 10.6 Å². The number of hydrogen-bond donors (Lipinski definition) is 1. The quantitative estimate of drug-likeness (QED) is 0.798. The first-order chi connectivity index (χ1) is 8.44. The van der Waals surface area contributed by atoms with Crippen molar-refractivity contribution in [1.29, 1.82) is 5.26 Å². The predicted molar refractivity (Wildman–Crippen MR) is 71.0 cm³/mol. The largest absolute Gasteiger partial charge is 0.396 e. The minimum Gasteiger partial charge on any atom is -0.396 e. The van der Waals surface area contributed by atoms with Crippen LogP contribution in [0.15, 0.2) is 18.2 Å². The second-order valence-electron chi connectivity index (χ2n) is 4.52. The molecule has 1 atom stereocenters. The van der Waals surface area contributed by atoms with Crippen LogP contribution in [0.5, 0.6) is 0 Å². The normalized spacial score (nSPS) is 21.4. The fourth-order valence-electron chi connectivity index (χ4n) is 2.24. The second kappa shape index (κ2) is 4.50. The molecule has 0 aromatic heterocycles. The van der Waals surface area contributed by atoms with E-state index in [1.54, 1.807) is 18.2 Å². The average Bonchev–Trinajstić information content (AvgIpc) is 2.69. The second-order valence-corrected chi connectivity index (χ2v) is 6.75. The Morgan fingerprint density at radius 1 is 1.50 bits per heavy atom. The maximum absolute atomic E-state index is 11.5. The van der Waals surface area contributed by atoms with Crippen LogP contribution in [0.2, 0.25) is 0 Å². The van der Waals surface area contributed by atoms with Gasteiger partial charge in [0.1, 0.15) is 6.07 Å². The fraction of sp³-hybridized carbons (Fsp3) is 0.417. The fourth-order valence-corrected chi connectivity index (χ4v) is 4.01. The van der Waals surface area contributed by atoms with Crippen molar-refractivity contribution in [2.75, 3.05) is 29.2 Å². The molecule has 96 valence electrons. The zero-order valence-corrected chi connectivity index (χ0v) is 10.9. The molecule has 1 aliphatic rings. The highest BCUT2D eigenvalue weighted by atomic mass is 32.2. The van der Waals surface area contributed by atoms with Crippen LogP contribution in [0.4, 0.5) is 11.4 Å². The molecule has 2 N–H and O–H groups in total. The zero-order chi connectivity index (χ0) is 13.3. The Balaban J connectivity index is 2.31. The van der Waals surface area contributed by atoms with Crippen molar-refractivity contribution in [2.24, 2.45) is 0 Å². The first-order valence-corrected chi connectivity index (χ1v) is 7.48. The number of nitrogens with zero attached hydrogens (tertiary/aromatic N) is 2. The molecule has 1 aliphatic heterocycles. The molecule has 0 radical (unpaired) electrons. The van der Waals surface area contributed by atoms with Crippen LogP contribution in [0.25, 0.3) is 0 Å². The van der Waals surface area contributed by atoms with Gasteiger partial charge in [0, 0.05) is 13.1 Å². The molecule has 0 aliphatic carbocycles. The molecular formula is C12H15N3O2S. The Morgan fingerprint density at radius 3 is 2.78 bits per heavy atom. The molecule has 18 heavy (non-hydrogen) atoms. The summed E-state index contributed by atoms with van der Waals surface area (Å²) in [5, 5.41) is 8.93. The van der Waals surface area contributed by atoms with E-state index in [-0.39, 0.29) is 17.5 Å². The van der Waals surface area contributed by atoms with Gasteiger partial charge < -0.3 is 10.6 Å². The highest BCUT2D eigenvalue weighted by molar-refractivity contribution is 7.91. The molecule has 5 nitrogen and oxygen atoms in total. The lowest BCUT2D eigenvalue weighted by molar-refractivity contribution is 0.601. The Morgan fingerprint density at radius 2 is 2.22 bits per heavy atom. The van der Waals surface area contributed by atoms with Crippen LogP contribution in [-0.4, -0.2) is 33.0 Å². The Kier molecular flexibility index (Phi) is 3.18. The summed E-state index contributed by atoms with van der Waals surface area (Å²) in [5.74, 6) is 0.375. The molecule has 0 saturated carbocycles. The molecule has 1 aromatic carbocycles. The highest BCUT2D eigenvalue weighted by Crippen LogP contribution is 2.29. The van der Waals surface area contributed by atoms with Crippen molar-refractivity contribution in [2.45, 2.75) is 12.5 Å². The molecule has 2 rings (SSSR count). The summed E-state index contributed by atoms with van der Waals surface area (Å²) in [6, 6.07) is 7.18. The Bertz CT molecular complexity index is 604. The van der Waals surface area contributed by atoms with E-state index in [0.717, 1.165) is 5.69 Å². The van der Waals surface area contributed by atoms with Crippen molar-refractivity contribution in [1.82, 2.24) is 0 Å². The maximum atomic E-state index is 11.5. The topological polar surface area (TPSA) is 87.2 Å². The van der Waals surface area contributed by atoms with E-state index in [0.29, 0.717) is 17.7 Å². The molecule has 0 spiro atoms. The third kappa shape index (κ3) is 2.27. The third-order valence-electron chi connectivity index (χ3n) is 3.34. The van der Waals surface area contributed by atoms with Crippen molar-refractivity contribution in [3.8, 4) is 6.07 Å². The Labute approximate surface area is 107 Å². The number of rotatable bonds is 2. The van der Waals surface area contributed by atoms with E-state index in [9.17, 15) is 8.42 Å². The van der Waals surface area contributed by atoms with Gasteiger partial charge >= 0.3 is 0 Å². The van der Waals surface area contributed by atoms with Gasteiger partial charge in [0.05, 0.1) is 28.4 Å². The van der Waals surface area contributed by atoms with Crippen molar-refractivity contribution >= 4 is 21.2 Å². The predicted octanol–water partition coefficient (Wildman–Crippen LogP) is 0.764. The van der Waals surface area contributed by atoms with Gasteiger partial charge in [0.15, 0.2) is 9.84 Å². The lowest BCUT2D eigenvalue weighted by Gasteiger charge is -2.27. The number of anilines is 2. The van der Waals surface area contributed by atoms with E-state index < -0.39 is 9.84 Å². The maximum Gasteiger partial charge on any atom is 0.152 e. The molecule has 6 heteroatoms. The number of sulfone groups is 1. The molecular weight excluding hydrogens is 250 g/mol. The van der Waals surface area contributed by atoms with Crippen molar-refractivity contribution < 1.29 is 8.42 Å². The zero-order valence-electron chi connectivity index (χ0n) is 10.1. The number of nitriles is 1. The summed E-state index contributed by atoms with van der Waals surface area (Å²) in [6.07, 6.45) is 0.606. The molecule has 0 bridgehead atoms. The van der Waals surface area contributed by atoms with Crippen LogP contribution >= 0.6 is 0 Å². The number of benzene rings is 1. The highest BCUT2D eigenvalue weighted by Gasteiger charge is 2.31. The standard InChI is InChI=1S/C12H15N3O2S/c1-15(10-5-6-18(16,17)8-10)11-4-2-3-9(7-13)12(11)14/h2-4,10H,5-6,8,14H2,1H3. The molecule has 1 fully saturated rings. The van der Waals surface area contributed by atoms with Crippen molar-refractivity contribution in [3.63, 3.8) is 0 Å². The van der Waals surface area contributed by atoms with Gasteiger partial charge in [0.2, 0.25) is 0 Å². The van der Waals surface area contributed by atoms with Crippen LogP contribution in [0.3, 0.4) is 0 Å². The molecule has 1 saturated heterocycles. The first-order valence-electron chi connectivity index (χ1n) is 5.66. The summed E-state index contributed by atoms with van der Waals surface area (Å²) in [6.45, 7) is 0. The minimum absolute atomic E-state index is 0.0637.